The second-order valence-electron chi connectivity index (χ2n) is 18.4. The summed E-state index contributed by atoms with van der Waals surface area (Å²) in [4.78, 5) is 23.2. The third-order valence-electron chi connectivity index (χ3n) is 12.5. The Bertz CT molecular complexity index is 1040. The normalized spacial score (nSPS) is 21.9. The van der Waals surface area contributed by atoms with E-state index < -0.39 is 63.1 Å². The van der Waals surface area contributed by atoms with Crippen LogP contribution in [0, 0.1) is 0 Å². The molecule has 6 unspecified atom stereocenters. The van der Waals surface area contributed by atoms with Crippen molar-refractivity contribution in [2.24, 2.45) is 0 Å². The molecule has 62 heavy (non-hydrogen) atoms. The third kappa shape index (κ3) is 32.1. The summed E-state index contributed by atoms with van der Waals surface area (Å²) in [7, 11) is -5.01. The third-order valence-corrected chi connectivity index (χ3v) is 13.5. The topological polar surface area (TPSA) is 192 Å². The van der Waals surface area contributed by atoms with Gasteiger partial charge in [0, 0.05) is 13.0 Å². The zero-order chi connectivity index (χ0) is 45.5. The number of carbonyl (C=O) groups excluding carboxylic acids is 1. The van der Waals surface area contributed by atoms with Gasteiger partial charge in [0.2, 0.25) is 0 Å². The summed E-state index contributed by atoms with van der Waals surface area (Å²) in [6, 6.07) is 0. The number of hydrogen-bond donors (Lipinski definition) is 6. The van der Waals surface area contributed by atoms with Crippen LogP contribution in [0.25, 0.3) is 0 Å². The maximum Gasteiger partial charge on any atom is 0.472 e. The Balaban J connectivity index is 2.32. The van der Waals surface area contributed by atoms with Gasteiger partial charge in [-0.05, 0) is 12.8 Å². The molecule has 1 aliphatic rings. The van der Waals surface area contributed by atoms with Gasteiger partial charge in [-0.2, -0.15) is 0 Å². The largest absolute Gasteiger partial charge is 0.472 e. The van der Waals surface area contributed by atoms with Gasteiger partial charge >= 0.3 is 13.8 Å². The standard InChI is InChI=1S/C49H97O12P/c1-3-5-7-9-11-13-15-17-19-21-22-23-24-26-28-30-32-34-36-38-43(50)60-42(41-59-62(56,57)61-49-47(54)45(52)44(51)46(53)48(49)55)40-58-39-37-35-33-31-29-27-25-20-18-16-14-12-10-8-6-4-2/h42,44-49,51-55H,3-41H2,1-2H3,(H,56,57)/t42-,44?,45-,46?,47?,48?,49?/m1/s1. The molecule has 0 aromatic heterocycles. The molecular weight excluding hydrogens is 812 g/mol. The van der Waals surface area contributed by atoms with Crippen molar-refractivity contribution in [3.8, 4) is 0 Å². The first-order valence-electron chi connectivity index (χ1n) is 25.9. The lowest BCUT2D eigenvalue weighted by Gasteiger charge is -2.41. The molecule has 0 aromatic rings. The summed E-state index contributed by atoms with van der Waals surface area (Å²) in [5, 5.41) is 50.3. The molecule has 1 aliphatic carbocycles. The van der Waals surface area contributed by atoms with Crippen LogP contribution < -0.4 is 0 Å². The Morgan fingerprint density at radius 2 is 0.758 bits per heavy atom. The molecule has 12 nitrogen and oxygen atoms in total. The fourth-order valence-electron chi connectivity index (χ4n) is 8.36. The van der Waals surface area contributed by atoms with Crippen LogP contribution in [0.5, 0.6) is 0 Å². The average Bonchev–Trinajstić information content (AvgIpc) is 3.26. The van der Waals surface area contributed by atoms with Crippen LogP contribution in [-0.2, 0) is 27.9 Å². The second kappa shape index (κ2) is 40.6. The van der Waals surface area contributed by atoms with E-state index in [-0.39, 0.29) is 13.0 Å². The molecule has 0 aliphatic heterocycles. The molecule has 0 amide bonds. The van der Waals surface area contributed by atoms with Crippen LogP contribution in [0.2, 0.25) is 0 Å². The molecule has 8 atom stereocenters. The van der Waals surface area contributed by atoms with Crippen molar-refractivity contribution in [2.45, 2.75) is 288 Å². The fraction of sp³-hybridized carbons (Fsp3) is 0.980. The summed E-state index contributed by atoms with van der Waals surface area (Å²) < 4.78 is 34.3. The van der Waals surface area contributed by atoms with Crippen LogP contribution in [-0.4, -0.2) is 98.9 Å². The van der Waals surface area contributed by atoms with Gasteiger partial charge in [0.1, 0.15) is 42.7 Å². The minimum atomic E-state index is -5.01. The lowest BCUT2D eigenvalue weighted by molar-refractivity contribution is -0.220. The molecule has 1 rings (SSSR count). The number of carbonyl (C=O) groups is 1. The Kier molecular flexibility index (Phi) is 38.9. The predicted octanol–water partition coefficient (Wildman–Crippen LogP) is 11.3. The highest BCUT2D eigenvalue weighted by Crippen LogP contribution is 2.47. The summed E-state index contributed by atoms with van der Waals surface area (Å²) in [5.74, 6) is -0.469. The number of aliphatic hydroxyl groups is 5. The van der Waals surface area contributed by atoms with E-state index >= 15 is 0 Å². The highest BCUT2D eigenvalue weighted by Gasteiger charge is 2.51. The number of phosphoric acid groups is 1. The van der Waals surface area contributed by atoms with Crippen molar-refractivity contribution >= 4 is 13.8 Å². The molecule has 0 spiro atoms. The number of aliphatic hydroxyl groups excluding tert-OH is 5. The lowest BCUT2D eigenvalue weighted by atomic mass is 9.85. The summed E-state index contributed by atoms with van der Waals surface area (Å²) in [6.45, 7) is 4.32. The number of unbranched alkanes of at least 4 members (excludes halogenated alkanes) is 33. The van der Waals surface area contributed by atoms with Crippen LogP contribution >= 0.6 is 7.82 Å². The smallest absolute Gasteiger partial charge is 0.457 e. The molecule has 6 N–H and O–H groups in total. The zero-order valence-corrected chi connectivity index (χ0v) is 40.6. The maximum absolute atomic E-state index is 12.8. The van der Waals surface area contributed by atoms with Crippen molar-refractivity contribution in [2.75, 3.05) is 19.8 Å². The molecule has 0 aromatic carbocycles. The summed E-state index contributed by atoms with van der Waals surface area (Å²) in [5.41, 5.74) is 0. The van der Waals surface area contributed by atoms with E-state index in [4.69, 9.17) is 18.5 Å². The monoisotopic (exact) mass is 909 g/mol. The number of phosphoric ester groups is 1. The first-order chi connectivity index (χ1) is 30.0. The highest BCUT2D eigenvalue weighted by molar-refractivity contribution is 7.47. The molecule has 13 heteroatoms. The minimum absolute atomic E-state index is 0.0675. The van der Waals surface area contributed by atoms with Gasteiger partial charge in [-0.3, -0.25) is 13.8 Å². The van der Waals surface area contributed by atoms with Crippen LogP contribution in [0.1, 0.15) is 245 Å². The van der Waals surface area contributed by atoms with E-state index in [2.05, 4.69) is 13.8 Å². The first-order valence-corrected chi connectivity index (χ1v) is 27.4. The molecule has 370 valence electrons. The molecular formula is C49H97O12P. The van der Waals surface area contributed by atoms with Gasteiger partial charge in [-0.25, -0.2) is 4.57 Å². The minimum Gasteiger partial charge on any atom is -0.457 e. The number of rotatable bonds is 45. The molecule has 1 saturated carbocycles. The molecule has 0 saturated heterocycles. The maximum atomic E-state index is 12.8. The number of esters is 1. The number of ether oxygens (including phenoxy) is 2. The van der Waals surface area contributed by atoms with E-state index in [1.165, 1.54) is 180 Å². The van der Waals surface area contributed by atoms with Crippen LogP contribution in [0.4, 0.5) is 0 Å². The molecule has 1 fully saturated rings. The predicted molar refractivity (Wildman–Crippen MR) is 249 cm³/mol. The van der Waals surface area contributed by atoms with Crippen molar-refractivity contribution in [1.29, 1.82) is 0 Å². The van der Waals surface area contributed by atoms with Gasteiger partial charge in [0.05, 0.1) is 13.2 Å². The summed E-state index contributed by atoms with van der Waals surface area (Å²) in [6.07, 6.45) is 31.7. The Hall–Kier alpha value is -0.660. The van der Waals surface area contributed by atoms with Gasteiger partial charge in [0.15, 0.2) is 0 Å². The van der Waals surface area contributed by atoms with E-state index in [0.717, 1.165) is 38.5 Å². The Morgan fingerprint density at radius 3 is 1.11 bits per heavy atom. The number of hydrogen-bond acceptors (Lipinski definition) is 11. The van der Waals surface area contributed by atoms with Gasteiger partial charge in [0.25, 0.3) is 0 Å². The lowest BCUT2D eigenvalue weighted by Crippen LogP contribution is -2.64. The first kappa shape index (κ1) is 59.4. The van der Waals surface area contributed by atoms with Crippen molar-refractivity contribution in [3.05, 3.63) is 0 Å². The second-order valence-corrected chi connectivity index (χ2v) is 19.8. The van der Waals surface area contributed by atoms with Gasteiger partial charge < -0.3 is 39.9 Å². The average molecular weight is 909 g/mol. The molecule has 0 radical (unpaired) electrons. The van der Waals surface area contributed by atoms with Crippen LogP contribution in [0.3, 0.4) is 0 Å². The van der Waals surface area contributed by atoms with Crippen molar-refractivity contribution in [3.63, 3.8) is 0 Å². The molecule has 0 bridgehead atoms. The van der Waals surface area contributed by atoms with Gasteiger partial charge in [-0.1, -0.05) is 226 Å². The highest BCUT2D eigenvalue weighted by atomic mass is 31.2. The van der Waals surface area contributed by atoms with Crippen LogP contribution in [0.15, 0.2) is 0 Å². The van der Waals surface area contributed by atoms with Crippen molar-refractivity contribution in [1.82, 2.24) is 0 Å². The quantitative estimate of drug-likeness (QED) is 0.0193. The zero-order valence-electron chi connectivity index (χ0n) is 39.7. The van der Waals surface area contributed by atoms with Gasteiger partial charge in [-0.15, -0.1) is 0 Å². The SMILES string of the molecule is CCCCCCCCCCCCCCCCCCCCCC(=O)O[C@H](COCCCCCCCCCCCCCCCCCC)COP(=O)(O)OC1C(O)C(O)C(O)[C@@H](O)C1O. The van der Waals surface area contributed by atoms with E-state index in [0.29, 0.717) is 13.0 Å². The van der Waals surface area contributed by atoms with E-state index in [1.807, 2.05) is 0 Å². The molecule has 0 heterocycles. The Labute approximate surface area is 378 Å². The van der Waals surface area contributed by atoms with E-state index in [1.54, 1.807) is 0 Å². The Morgan fingerprint density at radius 1 is 0.452 bits per heavy atom. The fourth-order valence-corrected chi connectivity index (χ4v) is 9.33. The van der Waals surface area contributed by atoms with Crippen molar-refractivity contribution < 1.29 is 58.3 Å². The summed E-state index contributed by atoms with van der Waals surface area (Å²) >= 11 is 0. The van der Waals surface area contributed by atoms with E-state index in [9.17, 15) is 39.8 Å².